The van der Waals surface area contributed by atoms with E-state index >= 15 is 4.39 Å². The molecule has 0 fully saturated rings. The van der Waals surface area contributed by atoms with Gasteiger partial charge < -0.3 is 16.4 Å². The van der Waals surface area contributed by atoms with Crippen LogP contribution in [0.5, 0.6) is 0 Å². The van der Waals surface area contributed by atoms with Crippen molar-refractivity contribution >= 4 is 17.5 Å². The molecule has 1 unspecified atom stereocenters. The van der Waals surface area contributed by atoms with E-state index in [0.29, 0.717) is 51.7 Å². The molecule has 0 saturated heterocycles. The molecule has 0 saturated carbocycles. The van der Waals surface area contributed by atoms with Crippen LogP contribution in [0.4, 0.5) is 4.39 Å². The molecule has 1 amide bonds. The summed E-state index contributed by atoms with van der Waals surface area (Å²) in [4.78, 5) is 36.2. The zero-order valence-electron chi connectivity index (χ0n) is 22.1. The van der Waals surface area contributed by atoms with Gasteiger partial charge in [0.1, 0.15) is 11.5 Å². The summed E-state index contributed by atoms with van der Waals surface area (Å²) in [6, 6.07) is -0.141. The number of alkyl halides is 1. The lowest BCUT2D eigenvalue weighted by Gasteiger charge is -2.25. The van der Waals surface area contributed by atoms with Crippen molar-refractivity contribution in [3.05, 3.63) is 11.4 Å². The molecule has 36 heavy (non-hydrogen) atoms. The Morgan fingerprint density at radius 2 is 1.86 bits per heavy atom. The maximum atomic E-state index is 16.2. The second-order valence-corrected chi connectivity index (χ2v) is 9.88. The second-order valence-electron chi connectivity index (χ2n) is 9.88. The number of halogens is 1. The molecule has 1 aromatic rings. The van der Waals surface area contributed by atoms with Crippen LogP contribution < -0.4 is 16.4 Å². The molecule has 2 rings (SSSR count). The van der Waals surface area contributed by atoms with Crippen LogP contribution in [0, 0.1) is 0 Å². The highest BCUT2D eigenvalue weighted by atomic mass is 19.1. The Bertz CT molecular complexity index is 846. The standard InChI is InChI=1S/C26H45FN6O3/c1-20(34)21(12-7-9-17-28)30-18-10-11-19-33-22-13-4-3-8-16-26(27,25(22)31-32-33)23(35)14-5-6-15-24(36)29-2/h21,30H,3-19,28H2,1-2H3,(H,29,36)/t21-,26?/m0/s1. The predicted molar refractivity (Wildman–Crippen MR) is 137 cm³/mol. The zero-order valence-corrected chi connectivity index (χ0v) is 22.1. The van der Waals surface area contributed by atoms with E-state index in [1.807, 2.05) is 0 Å². The lowest BCUT2D eigenvalue weighted by atomic mass is 9.84. The highest BCUT2D eigenvalue weighted by Crippen LogP contribution is 2.37. The van der Waals surface area contributed by atoms with Crippen LogP contribution >= 0.6 is 0 Å². The Balaban J connectivity index is 1.93. The fourth-order valence-electron chi connectivity index (χ4n) is 4.79. The Morgan fingerprint density at radius 3 is 2.58 bits per heavy atom. The van der Waals surface area contributed by atoms with Gasteiger partial charge in [-0.1, -0.05) is 18.1 Å². The number of hydrogen-bond donors (Lipinski definition) is 3. The van der Waals surface area contributed by atoms with Crippen molar-refractivity contribution in [1.29, 1.82) is 0 Å². The van der Waals surface area contributed by atoms with Crippen molar-refractivity contribution in [2.45, 2.75) is 115 Å². The van der Waals surface area contributed by atoms with Gasteiger partial charge in [0.2, 0.25) is 11.6 Å². The Kier molecular flexibility index (Phi) is 13.2. The summed E-state index contributed by atoms with van der Waals surface area (Å²) >= 11 is 0. The molecular formula is C26H45FN6O3. The molecule has 1 heterocycles. The molecular weight excluding hydrogens is 463 g/mol. The summed E-state index contributed by atoms with van der Waals surface area (Å²) in [5.74, 6) is -0.391. The van der Waals surface area contributed by atoms with Gasteiger partial charge >= 0.3 is 0 Å². The van der Waals surface area contributed by atoms with Crippen molar-refractivity contribution in [1.82, 2.24) is 25.6 Å². The van der Waals surface area contributed by atoms with Crippen LogP contribution in [-0.4, -0.2) is 58.6 Å². The van der Waals surface area contributed by atoms with Crippen molar-refractivity contribution in [3.63, 3.8) is 0 Å². The van der Waals surface area contributed by atoms with Crippen molar-refractivity contribution in [2.75, 3.05) is 20.1 Å². The maximum absolute atomic E-state index is 16.2. The number of nitrogens with one attached hydrogen (secondary N) is 2. The summed E-state index contributed by atoms with van der Waals surface area (Å²) in [6.45, 7) is 3.56. The van der Waals surface area contributed by atoms with E-state index in [1.54, 1.807) is 18.7 Å². The van der Waals surface area contributed by atoms with E-state index in [2.05, 4.69) is 20.9 Å². The number of fused-ring (bicyclic) bond motifs is 1. The topological polar surface area (TPSA) is 132 Å². The van der Waals surface area contributed by atoms with Gasteiger partial charge in [-0.05, 0) is 84.2 Å². The number of aryl methyl sites for hydroxylation is 1. The SMILES string of the molecule is CNC(=O)CCCCC(=O)C1(F)CCCCCc2c1nnn2CCCCN[C@@H](CCCCN)C(C)=O. The second kappa shape index (κ2) is 15.8. The largest absolute Gasteiger partial charge is 0.359 e. The van der Waals surface area contributed by atoms with Crippen LogP contribution in [0.3, 0.4) is 0 Å². The molecule has 0 aliphatic heterocycles. The summed E-state index contributed by atoms with van der Waals surface area (Å²) < 4.78 is 18.0. The minimum absolute atomic E-state index is 0.0767. The number of hydrogen-bond acceptors (Lipinski definition) is 7. The molecule has 204 valence electrons. The number of Topliss-reactive ketones (excluding diaryl/α,β-unsaturated/α-hetero) is 2. The lowest BCUT2D eigenvalue weighted by molar-refractivity contribution is -0.132. The summed E-state index contributed by atoms with van der Waals surface area (Å²) in [5.41, 5.74) is 4.35. The first-order valence-electron chi connectivity index (χ1n) is 13.6. The van der Waals surface area contributed by atoms with E-state index in [0.717, 1.165) is 50.6 Å². The monoisotopic (exact) mass is 508 g/mol. The number of carbonyl (C=O) groups excluding carboxylic acids is 3. The van der Waals surface area contributed by atoms with E-state index in [-0.39, 0.29) is 36.3 Å². The predicted octanol–water partition coefficient (Wildman–Crippen LogP) is 2.89. The fourth-order valence-corrected chi connectivity index (χ4v) is 4.79. The third-order valence-electron chi connectivity index (χ3n) is 7.05. The number of ketones is 2. The number of amides is 1. The van der Waals surface area contributed by atoms with E-state index in [1.165, 1.54) is 0 Å². The van der Waals surface area contributed by atoms with Crippen molar-refractivity contribution in [2.24, 2.45) is 5.73 Å². The number of aromatic nitrogens is 3. The third-order valence-corrected chi connectivity index (χ3v) is 7.05. The molecule has 1 aliphatic carbocycles. The molecule has 1 aliphatic rings. The fraction of sp³-hybridized carbons (Fsp3) is 0.808. The normalized spacial score (nSPS) is 18.7. The van der Waals surface area contributed by atoms with Crippen molar-refractivity contribution in [3.8, 4) is 0 Å². The summed E-state index contributed by atoms with van der Waals surface area (Å²) in [7, 11) is 1.58. The maximum Gasteiger partial charge on any atom is 0.219 e. The van der Waals surface area contributed by atoms with Gasteiger partial charge in [-0.25, -0.2) is 9.07 Å². The van der Waals surface area contributed by atoms with E-state index in [4.69, 9.17) is 5.73 Å². The van der Waals surface area contributed by atoms with Crippen LogP contribution in [0.1, 0.15) is 102 Å². The number of unbranched alkanes of at least 4 members (excludes halogenated alkanes) is 3. The number of rotatable bonds is 17. The molecule has 2 atom stereocenters. The first kappa shape index (κ1) is 30.0. The lowest BCUT2D eigenvalue weighted by Crippen LogP contribution is -2.36. The highest BCUT2D eigenvalue weighted by molar-refractivity contribution is 5.88. The van der Waals surface area contributed by atoms with Gasteiger partial charge in [-0.3, -0.25) is 14.4 Å². The molecule has 1 aromatic heterocycles. The highest BCUT2D eigenvalue weighted by Gasteiger charge is 2.44. The van der Waals surface area contributed by atoms with Crippen LogP contribution in [0.2, 0.25) is 0 Å². The van der Waals surface area contributed by atoms with E-state index in [9.17, 15) is 14.4 Å². The average molecular weight is 509 g/mol. The average Bonchev–Trinajstić information content (AvgIpc) is 3.25. The van der Waals surface area contributed by atoms with Crippen LogP contribution in [0.25, 0.3) is 0 Å². The minimum atomic E-state index is -2.11. The van der Waals surface area contributed by atoms with Gasteiger partial charge in [0.25, 0.3) is 0 Å². The number of nitrogens with two attached hydrogens (primary N) is 1. The van der Waals surface area contributed by atoms with Crippen LogP contribution in [0.15, 0.2) is 0 Å². The van der Waals surface area contributed by atoms with Crippen molar-refractivity contribution < 1.29 is 18.8 Å². The summed E-state index contributed by atoms with van der Waals surface area (Å²) in [6.07, 6.45) is 8.95. The first-order chi connectivity index (χ1) is 17.3. The minimum Gasteiger partial charge on any atom is -0.359 e. The van der Waals surface area contributed by atoms with Gasteiger partial charge in [-0.15, -0.1) is 5.10 Å². The Labute approximate surface area is 214 Å². The smallest absolute Gasteiger partial charge is 0.219 e. The van der Waals surface area contributed by atoms with Gasteiger partial charge in [0.05, 0.1) is 11.7 Å². The molecule has 4 N–H and O–H groups in total. The molecule has 0 spiro atoms. The third kappa shape index (κ3) is 9.03. The van der Waals surface area contributed by atoms with E-state index < -0.39 is 11.5 Å². The van der Waals surface area contributed by atoms with Gasteiger partial charge in [0, 0.05) is 26.4 Å². The molecule has 9 nitrogen and oxygen atoms in total. The molecule has 0 bridgehead atoms. The number of carbonyl (C=O) groups is 3. The molecule has 10 heteroatoms. The quantitative estimate of drug-likeness (QED) is 0.276. The zero-order chi connectivity index (χ0) is 26.4. The molecule has 0 radical (unpaired) electrons. The van der Waals surface area contributed by atoms with Crippen LogP contribution in [-0.2, 0) is 33.0 Å². The number of nitrogens with zero attached hydrogens (tertiary/aromatic N) is 3. The summed E-state index contributed by atoms with van der Waals surface area (Å²) in [5, 5.41) is 14.3. The molecule has 0 aromatic carbocycles. The van der Waals surface area contributed by atoms with Gasteiger partial charge in [-0.2, -0.15) is 0 Å². The van der Waals surface area contributed by atoms with Gasteiger partial charge in [0.15, 0.2) is 5.78 Å². The Hall–Kier alpha value is -2.20. The Morgan fingerprint density at radius 1 is 1.08 bits per heavy atom. The first-order valence-corrected chi connectivity index (χ1v) is 13.6.